The van der Waals surface area contributed by atoms with Crippen molar-refractivity contribution in [2.45, 2.75) is 32.4 Å². The molecule has 0 aromatic heterocycles. The van der Waals surface area contributed by atoms with Crippen LogP contribution in [0.2, 0.25) is 0 Å². The first-order valence-corrected chi connectivity index (χ1v) is 7.15. The standard InChI is InChI=1S/C16H27NO3/c1-13(2)17-12-16(20-10-6-9-18-3)14-7-5-8-15(11-14)19-4/h5,7-8,11,13,16-17H,6,9-10,12H2,1-4H3. The highest BCUT2D eigenvalue weighted by molar-refractivity contribution is 5.30. The quantitative estimate of drug-likeness (QED) is 0.669. The Balaban J connectivity index is 2.63. The summed E-state index contributed by atoms with van der Waals surface area (Å²) in [6.45, 7) is 6.47. The number of benzene rings is 1. The molecule has 20 heavy (non-hydrogen) atoms. The highest BCUT2D eigenvalue weighted by Gasteiger charge is 2.13. The van der Waals surface area contributed by atoms with Crippen molar-refractivity contribution >= 4 is 0 Å². The lowest BCUT2D eigenvalue weighted by atomic mass is 10.1. The van der Waals surface area contributed by atoms with Crippen molar-refractivity contribution in [3.63, 3.8) is 0 Å². The van der Waals surface area contributed by atoms with Crippen LogP contribution in [0.4, 0.5) is 0 Å². The van der Waals surface area contributed by atoms with E-state index in [-0.39, 0.29) is 6.10 Å². The van der Waals surface area contributed by atoms with Gasteiger partial charge in [0.25, 0.3) is 0 Å². The number of ether oxygens (including phenoxy) is 3. The molecule has 0 fully saturated rings. The lowest BCUT2D eigenvalue weighted by Gasteiger charge is -2.21. The molecule has 114 valence electrons. The molecular formula is C16H27NO3. The first-order valence-electron chi connectivity index (χ1n) is 7.15. The molecule has 0 spiro atoms. The topological polar surface area (TPSA) is 39.7 Å². The maximum Gasteiger partial charge on any atom is 0.119 e. The lowest BCUT2D eigenvalue weighted by Crippen LogP contribution is -2.29. The van der Waals surface area contributed by atoms with E-state index in [4.69, 9.17) is 14.2 Å². The first kappa shape index (κ1) is 17.0. The second-order valence-corrected chi connectivity index (χ2v) is 5.05. The van der Waals surface area contributed by atoms with Gasteiger partial charge >= 0.3 is 0 Å². The van der Waals surface area contributed by atoms with E-state index in [2.05, 4.69) is 25.2 Å². The van der Waals surface area contributed by atoms with Gasteiger partial charge in [0.2, 0.25) is 0 Å². The van der Waals surface area contributed by atoms with E-state index >= 15 is 0 Å². The van der Waals surface area contributed by atoms with Crippen LogP contribution in [0.1, 0.15) is 31.9 Å². The fourth-order valence-electron chi connectivity index (χ4n) is 1.89. The summed E-state index contributed by atoms with van der Waals surface area (Å²) in [5, 5.41) is 3.43. The van der Waals surface area contributed by atoms with Crippen LogP contribution in [0.25, 0.3) is 0 Å². The molecule has 4 heteroatoms. The Hall–Kier alpha value is -1.10. The van der Waals surface area contributed by atoms with Gasteiger partial charge in [0, 0.05) is 32.9 Å². The van der Waals surface area contributed by atoms with Gasteiger partial charge in [0.05, 0.1) is 13.2 Å². The largest absolute Gasteiger partial charge is 0.497 e. The van der Waals surface area contributed by atoms with Crippen LogP contribution in [-0.2, 0) is 9.47 Å². The van der Waals surface area contributed by atoms with E-state index in [0.717, 1.165) is 30.9 Å². The Kier molecular flexibility index (Phi) is 8.26. The van der Waals surface area contributed by atoms with Crippen LogP contribution < -0.4 is 10.1 Å². The summed E-state index contributed by atoms with van der Waals surface area (Å²) in [5.74, 6) is 0.859. The summed E-state index contributed by atoms with van der Waals surface area (Å²) in [4.78, 5) is 0. The number of methoxy groups -OCH3 is 2. The van der Waals surface area contributed by atoms with Crippen LogP contribution >= 0.6 is 0 Å². The maximum absolute atomic E-state index is 5.98. The molecule has 1 rings (SSSR count). The Morgan fingerprint density at radius 3 is 2.60 bits per heavy atom. The molecule has 0 radical (unpaired) electrons. The average molecular weight is 281 g/mol. The summed E-state index contributed by atoms with van der Waals surface area (Å²) in [6, 6.07) is 8.48. The van der Waals surface area contributed by atoms with Crippen molar-refractivity contribution < 1.29 is 14.2 Å². The number of rotatable bonds is 10. The monoisotopic (exact) mass is 281 g/mol. The zero-order chi connectivity index (χ0) is 14.8. The molecule has 1 atom stereocenters. The molecule has 0 aliphatic rings. The van der Waals surface area contributed by atoms with Gasteiger partial charge in [-0.3, -0.25) is 0 Å². The molecule has 0 bridgehead atoms. The highest BCUT2D eigenvalue weighted by Crippen LogP contribution is 2.22. The SMILES string of the molecule is COCCCOC(CNC(C)C)c1cccc(OC)c1. The summed E-state index contributed by atoms with van der Waals surface area (Å²) in [7, 11) is 3.39. The average Bonchev–Trinajstić information content (AvgIpc) is 2.46. The minimum Gasteiger partial charge on any atom is -0.497 e. The third-order valence-electron chi connectivity index (χ3n) is 2.99. The second-order valence-electron chi connectivity index (χ2n) is 5.05. The third kappa shape index (κ3) is 6.37. The second kappa shape index (κ2) is 9.75. The molecule has 0 amide bonds. The smallest absolute Gasteiger partial charge is 0.119 e. The number of nitrogens with one attached hydrogen (secondary N) is 1. The minimum absolute atomic E-state index is 0.0318. The van der Waals surface area contributed by atoms with Gasteiger partial charge in [-0.25, -0.2) is 0 Å². The summed E-state index contributed by atoms with van der Waals surface area (Å²) in [5.41, 5.74) is 1.13. The zero-order valence-electron chi connectivity index (χ0n) is 13.0. The van der Waals surface area contributed by atoms with Crippen molar-refractivity contribution in [2.24, 2.45) is 0 Å². The molecule has 1 N–H and O–H groups in total. The highest BCUT2D eigenvalue weighted by atomic mass is 16.5. The minimum atomic E-state index is 0.0318. The van der Waals surface area contributed by atoms with Crippen molar-refractivity contribution in [1.29, 1.82) is 0 Å². The molecule has 0 saturated heterocycles. The van der Waals surface area contributed by atoms with E-state index in [9.17, 15) is 0 Å². The van der Waals surface area contributed by atoms with Crippen LogP contribution in [-0.4, -0.2) is 40.0 Å². The lowest BCUT2D eigenvalue weighted by molar-refractivity contribution is 0.0376. The molecule has 0 saturated carbocycles. The molecule has 0 aliphatic carbocycles. The Morgan fingerprint density at radius 2 is 1.95 bits per heavy atom. The van der Waals surface area contributed by atoms with E-state index < -0.39 is 0 Å². The Labute approximate surface area is 122 Å². The summed E-state index contributed by atoms with van der Waals surface area (Å²) in [6.07, 6.45) is 0.933. The fraction of sp³-hybridized carbons (Fsp3) is 0.625. The Morgan fingerprint density at radius 1 is 1.15 bits per heavy atom. The van der Waals surface area contributed by atoms with E-state index in [1.165, 1.54) is 0 Å². The van der Waals surface area contributed by atoms with Gasteiger partial charge in [0.1, 0.15) is 5.75 Å². The fourth-order valence-corrected chi connectivity index (χ4v) is 1.89. The van der Waals surface area contributed by atoms with Crippen molar-refractivity contribution in [3.8, 4) is 5.75 Å². The molecule has 1 aromatic rings. The summed E-state index contributed by atoms with van der Waals surface area (Å²) >= 11 is 0. The molecule has 1 unspecified atom stereocenters. The van der Waals surface area contributed by atoms with Crippen molar-refractivity contribution in [2.75, 3.05) is 34.0 Å². The van der Waals surface area contributed by atoms with Crippen LogP contribution in [0.3, 0.4) is 0 Å². The predicted molar refractivity (Wildman–Crippen MR) is 81.3 cm³/mol. The summed E-state index contributed by atoms with van der Waals surface area (Å²) < 4.78 is 16.3. The first-order chi connectivity index (χ1) is 9.67. The third-order valence-corrected chi connectivity index (χ3v) is 2.99. The van der Waals surface area contributed by atoms with Gasteiger partial charge in [-0.15, -0.1) is 0 Å². The van der Waals surface area contributed by atoms with E-state index in [0.29, 0.717) is 12.6 Å². The predicted octanol–water partition coefficient (Wildman–Crippen LogP) is 2.79. The van der Waals surface area contributed by atoms with Gasteiger partial charge < -0.3 is 19.5 Å². The zero-order valence-corrected chi connectivity index (χ0v) is 13.0. The van der Waals surface area contributed by atoms with Crippen molar-refractivity contribution in [1.82, 2.24) is 5.32 Å². The maximum atomic E-state index is 5.98. The molecule has 1 aromatic carbocycles. The van der Waals surface area contributed by atoms with Gasteiger partial charge in [-0.2, -0.15) is 0 Å². The van der Waals surface area contributed by atoms with Crippen LogP contribution in [0.5, 0.6) is 5.75 Å². The normalized spacial score (nSPS) is 12.7. The van der Waals surface area contributed by atoms with Crippen molar-refractivity contribution in [3.05, 3.63) is 29.8 Å². The molecule has 0 aliphatic heterocycles. The van der Waals surface area contributed by atoms with Crippen LogP contribution in [0.15, 0.2) is 24.3 Å². The molecular weight excluding hydrogens is 254 g/mol. The van der Waals surface area contributed by atoms with Crippen LogP contribution in [0, 0.1) is 0 Å². The molecule has 0 heterocycles. The van der Waals surface area contributed by atoms with E-state index in [1.807, 2.05) is 18.2 Å². The number of hydrogen-bond acceptors (Lipinski definition) is 4. The molecule has 4 nitrogen and oxygen atoms in total. The van der Waals surface area contributed by atoms with Gasteiger partial charge in [-0.05, 0) is 24.1 Å². The van der Waals surface area contributed by atoms with Gasteiger partial charge in [0.15, 0.2) is 0 Å². The van der Waals surface area contributed by atoms with E-state index in [1.54, 1.807) is 14.2 Å². The Bertz CT molecular complexity index is 368. The van der Waals surface area contributed by atoms with Gasteiger partial charge in [-0.1, -0.05) is 26.0 Å². The number of hydrogen-bond donors (Lipinski definition) is 1.